The van der Waals surface area contributed by atoms with Crippen LogP contribution in [-0.2, 0) is 0 Å². The van der Waals surface area contributed by atoms with Crippen molar-refractivity contribution in [1.82, 2.24) is 0 Å². The van der Waals surface area contributed by atoms with Crippen LogP contribution in [-0.4, -0.2) is 0 Å². The van der Waals surface area contributed by atoms with Gasteiger partial charge in [-0.15, -0.1) is 0 Å². The molecule has 0 aromatic heterocycles. The molecule has 0 N–H and O–H groups in total. The summed E-state index contributed by atoms with van der Waals surface area (Å²) in [4.78, 5) is 0. The van der Waals surface area contributed by atoms with Crippen LogP contribution >= 0.6 is 0 Å². The van der Waals surface area contributed by atoms with Gasteiger partial charge in [0.25, 0.3) is 0 Å². The van der Waals surface area contributed by atoms with E-state index in [2.05, 4.69) is 170 Å². The third kappa shape index (κ3) is 4.08. The van der Waals surface area contributed by atoms with Gasteiger partial charge in [0, 0.05) is 0 Å². The van der Waals surface area contributed by atoms with Crippen LogP contribution in [0.4, 0.5) is 0 Å². The highest BCUT2D eigenvalue weighted by Crippen LogP contribution is 2.44. The maximum Gasteiger partial charge on any atom is -0.00262 e. The highest BCUT2D eigenvalue weighted by molar-refractivity contribution is 6.21. The molecule has 0 heterocycles. The Hall–Kier alpha value is -5.46. The molecule has 0 fully saturated rings. The van der Waals surface area contributed by atoms with Crippen molar-refractivity contribution in [3.05, 3.63) is 170 Å². The Morgan fingerprint density at radius 1 is 0.238 bits per heavy atom. The first kappa shape index (κ1) is 24.3. The van der Waals surface area contributed by atoms with Crippen molar-refractivity contribution in [2.75, 3.05) is 0 Å². The Balaban J connectivity index is 1.40. The molecule has 0 radical (unpaired) electrons. The predicted molar refractivity (Wildman–Crippen MR) is 181 cm³/mol. The molecule has 0 saturated heterocycles. The minimum atomic E-state index is 1.22. The number of benzene rings is 8. The van der Waals surface area contributed by atoms with E-state index in [1.54, 1.807) is 0 Å². The van der Waals surface area contributed by atoms with Crippen LogP contribution in [0.3, 0.4) is 0 Å². The lowest BCUT2D eigenvalue weighted by atomic mass is 9.85. The second kappa shape index (κ2) is 10.2. The maximum atomic E-state index is 2.38. The summed E-state index contributed by atoms with van der Waals surface area (Å²) < 4.78 is 0. The highest BCUT2D eigenvalue weighted by Gasteiger charge is 2.17. The van der Waals surface area contributed by atoms with Crippen LogP contribution in [0.25, 0.3) is 76.8 Å². The molecule has 0 aliphatic heterocycles. The van der Waals surface area contributed by atoms with Gasteiger partial charge in [-0.1, -0.05) is 152 Å². The quantitative estimate of drug-likeness (QED) is 0.198. The smallest absolute Gasteiger partial charge is 0.00262 e. The van der Waals surface area contributed by atoms with E-state index in [9.17, 15) is 0 Å². The molecule has 0 atom stereocenters. The minimum Gasteiger partial charge on any atom is -0.0622 e. The summed E-state index contributed by atoms with van der Waals surface area (Å²) in [6, 6.07) is 61.7. The van der Waals surface area contributed by atoms with E-state index in [1.165, 1.54) is 76.8 Å². The molecule has 0 aliphatic carbocycles. The van der Waals surface area contributed by atoms with Crippen molar-refractivity contribution in [1.29, 1.82) is 0 Å². The van der Waals surface area contributed by atoms with Gasteiger partial charge in [-0.05, 0) is 95.0 Å². The summed E-state index contributed by atoms with van der Waals surface area (Å²) in [5.41, 5.74) is 10.00. The van der Waals surface area contributed by atoms with Gasteiger partial charge in [0.05, 0.1) is 0 Å². The topological polar surface area (TPSA) is 0 Å². The summed E-state index contributed by atoms with van der Waals surface area (Å²) in [5.74, 6) is 0. The van der Waals surface area contributed by atoms with Crippen LogP contribution in [0.15, 0.2) is 170 Å². The fourth-order valence-corrected chi connectivity index (χ4v) is 6.54. The summed E-state index contributed by atoms with van der Waals surface area (Å²) in [7, 11) is 0. The van der Waals surface area contributed by atoms with Crippen LogP contribution in [0.5, 0.6) is 0 Å². The first-order chi connectivity index (χ1) is 20.8. The average Bonchev–Trinajstić information content (AvgIpc) is 3.07. The second-order valence-corrected chi connectivity index (χ2v) is 10.9. The monoisotopic (exact) mass is 532 g/mol. The molecule has 0 heteroatoms. The molecule has 0 unspecified atom stereocenters. The molecular formula is C42H28. The third-order valence-corrected chi connectivity index (χ3v) is 8.43. The lowest BCUT2D eigenvalue weighted by Gasteiger charge is -2.18. The Bertz CT molecular complexity index is 2170. The second-order valence-electron chi connectivity index (χ2n) is 10.9. The molecule has 196 valence electrons. The number of rotatable bonds is 4. The molecule has 0 spiro atoms. The Labute approximate surface area is 246 Å². The zero-order valence-corrected chi connectivity index (χ0v) is 23.2. The molecule has 8 rings (SSSR count). The SMILES string of the molecule is c1ccc(-c2cc(-c3cccc(-c4c5ccccc5c(-c5ccccc5)c5ccccc45)c3)c3ccccc3c2)cc1. The van der Waals surface area contributed by atoms with Gasteiger partial charge in [0.1, 0.15) is 0 Å². The van der Waals surface area contributed by atoms with E-state index in [0.29, 0.717) is 0 Å². The maximum absolute atomic E-state index is 2.38. The molecule has 0 aliphatic rings. The van der Waals surface area contributed by atoms with Crippen molar-refractivity contribution >= 4 is 32.3 Å². The standard InChI is InChI=1S/C42H28/c1-3-14-29(15-4-1)34-27-31-18-7-8-21-35(31)40(28-34)32-19-13-20-33(26-32)42-38-24-11-9-22-36(38)41(30-16-5-2-6-17-30)37-23-10-12-25-39(37)42/h1-28H. The van der Waals surface area contributed by atoms with E-state index in [0.717, 1.165) is 0 Å². The summed E-state index contributed by atoms with van der Waals surface area (Å²) in [6.45, 7) is 0. The van der Waals surface area contributed by atoms with Crippen molar-refractivity contribution in [3.8, 4) is 44.5 Å². The largest absolute Gasteiger partial charge is 0.0622 e. The molecule has 0 nitrogen and oxygen atoms in total. The highest BCUT2D eigenvalue weighted by atomic mass is 14.2. The molecule has 42 heavy (non-hydrogen) atoms. The summed E-state index contributed by atoms with van der Waals surface area (Å²) in [6.07, 6.45) is 0. The van der Waals surface area contributed by atoms with Crippen molar-refractivity contribution < 1.29 is 0 Å². The number of hydrogen-bond donors (Lipinski definition) is 0. The van der Waals surface area contributed by atoms with E-state index in [4.69, 9.17) is 0 Å². The van der Waals surface area contributed by atoms with Gasteiger partial charge in [-0.3, -0.25) is 0 Å². The van der Waals surface area contributed by atoms with Crippen LogP contribution in [0, 0.1) is 0 Å². The Morgan fingerprint density at radius 2 is 0.690 bits per heavy atom. The van der Waals surface area contributed by atoms with Crippen LogP contribution in [0.2, 0.25) is 0 Å². The lowest BCUT2D eigenvalue weighted by molar-refractivity contribution is 1.61. The molecular weight excluding hydrogens is 504 g/mol. The fraction of sp³-hybridized carbons (Fsp3) is 0. The Kier molecular flexibility index (Phi) is 5.90. The minimum absolute atomic E-state index is 1.22. The summed E-state index contributed by atoms with van der Waals surface area (Å²) >= 11 is 0. The molecule has 8 aromatic carbocycles. The van der Waals surface area contributed by atoms with Crippen molar-refractivity contribution in [3.63, 3.8) is 0 Å². The number of fused-ring (bicyclic) bond motifs is 3. The zero-order valence-electron chi connectivity index (χ0n) is 23.2. The van der Waals surface area contributed by atoms with Gasteiger partial charge in [-0.2, -0.15) is 0 Å². The van der Waals surface area contributed by atoms with E-state index >= 15 is 0 Å². The fourth-order valence-electron chi connectivity index (χ4n) is 6.54. The van der Waals surface area contributed by atoms with Gasteiger partial charge in [0.2, 0.25) is 0 Å². The molecule has 8 aromatic rings. The van der Waals surface area contributed by atoms with Crippen molar-refractivity contribution in [2.45, 2.75) is 0 Å². The zero-order chi connectivity index (χ0) is 27.9. The van der Waals surface area contributed by atoms with E-state index in [1.807, 2.05) is 0 Å². The Morgan fingerprint density at radius 3 is 1.31 bits per heavy atom. The summed E-state index contributed by atoms with van der Waals surface area (Å²) in [5, 5.41) is 7.62. The van der Waals surface area contributed by atoms with E-state index in [-0.39, 0.29) is 0 Å². The van der Waals surface area contributed by atoms with Gasteiger partial charge in [0.15, 0.2) is 0 Å². The number of hydrogen-bond acceptors (Lipinski definition) is 0. The third-order valence-electron chi connectivity index (χ3n) is 8.43. The lowest BCUT2D eigenvalue weighted by Crippen LogP contribution is -1.91. The van der Waals surface area contributed by atoms with E-state index < -0.39 is 0 Å². The van der Waals surface area contributed by atoms with Gasteiger partial charge >= 0.3 is 0 Å². The normalized spacial score (nSPS) is 11.3. The van der Waals surface area contributed by atoms with Gasteiger partial charge < -0.3 is 0 Å². The van der Waals surface area contributed by atoms with Crippen molar-refractivity contribution in [2.24, 2.45) is 0 Å². The average molecular weight is 533 g/mol. The molecule has 0 amide bonds. The first-order valence-electron chi connectivity index (χ1n) is 14.5. The predicted octanol–water partition coefficient (Wildman–Crippen LogP) is 11.8. The van der Waals surface area contributed by atoms with Crippen LogP contribution < -0.4 is 0 Å². The van der Waals surface area contributed by atoms with Gasteiger partial charge in [-0.25, -0.2) is 0 Å². The first-order valence-corrected chi connectivity index (χ1v) is 14.5. The van der Waals surface area contributed by atoms with Crippen LogP contribution in [0.1, 0.15) is 0 Å². The molecule has 0 bridgehead atoms. The molecule has 0 saturated carbocycles.